The summed E-state index contributed by atoms with van der Waals surface area (Å²) in [5, 5.41) is 2.99. The van der Waals surface area contributed by atoms with E-state index in [1.54, 1.807) is 11.8 Å². The quantitative estimate of drug-likeness (QED) is 0.689. The second-order valence-corrected chi connectivity index (χ2v) is 3.66. The van der Waals surface area contributed by atoms with Crippen molar-refractivity contribution in [1.29, 1.82) is 0 Å². The number of nitrogens with one attached hydrogen (secondary N) is 2. The van der Waals surface area contributed by atoms with Gasteiger partial charge in [0.05, 0.1) is 13.2 Å². The number of hydrogen-bond donors (Lipinski definition) is 2. The van der Waals surface area contributed by atoms with E-state index in [-0.39, 0.29) is 5.91 Å². The molecule has 0 spiro atoms. The van der Waals surface area contributed by atoms with Crippen LogP contribution in [0.5, 0.6) is 0 Å². The molecule has 1 aromatic heterocycles. The van der Waals surface area contributed by atoms with Crippen molar-refractivity contribution in [3.05, 3.63) is 23.5 Å². The Bertz CT molecular complexity index is 327. The first-order chi connectivity index (χ1) is 7.65. The van der Waals surface area contributed by atoms with E-state index >= 15 is 0 Å². The highest BCUT2D eigenvalue weighted by molar-refractivity contribution is 5.85. The topological polar surface area (TPSA) is 55.3 Å². The number of rotatable bonds is 6. The van der Waals surface area contributed by atoms with Gasteiger partial charge in [-0.3, -0.25) is 14.9 Å². The summed E-state index contributed by atoms with van der Waals surface area (Å²) in [6, 6.07) is 3.93. The summed E-state index contributed by atoms with van der Waals surface area (Å²) in [6.07, 6.45) is 0. The minimum atomic E-state index is -0.0569. The molecule has 0 aliphatic heterocycles. The molecule has 1 rings (SSSR count). The molecule has 16 heavy (non-hydrogen) atoms. The van der Waals surface area contributed by atoms with Crippen LogP contribution >= 0.6 is 0 Å². The lowest BCUT2D eigenvalue weighted by Crippen LogP contribution is -2.34. The molecule has 1 amide bonds. The van der Waals surface area contributed by atoms with Crippen molar-refractivity contribution >= 4 is 5.91 Å². The van der Waals surface area contributed by atoms with Crippen LogP contribution < -0.4 is 10.7 Å². The van der Waals surface area contributed by atoms with Gasteiger partial charge in [0.2, 0.25) is 0 Å². The minimum Gasteiger partial charge on any atom is -0.383 e. The lowest BCUT2D eigenvalue weighted by molar-refractivity contribution is -0.116. The van der Waals surface area contributed by atoms with Crippen molar-refractivity contribution in [3.8, 4) is 0 Å². The Morgan fingerprint density at radius 1 is 1.38 bits per heavy atom. The van der Waals surface area contributed by atoms with Gasteiger partial charge < -0.3 is 10.1 Å². The van der Waals surface area contributed by atoms with Crippen LogP contribution in [-0.4, -0.2) is 37.4 Å². The summed E-state index contributed by atoms with van der Waals surface area (Å²) in [4.78, 5) is 11.5. The number of carbonyl (C=O) groups is 1. The molecule has 1 aromatic rings. The molecule has 1 heterocycles. The summed E-state index contributed by atoms with van der Waals surface area (Å²) < 4.78 is 6.65. The third-order valence-electron chi connectivity index (χ3n) is 2.28. The fourth-order valence-electron chi connectivity index (χ4n) is 1.39. The molecule has 0 aromatic carbocycles. The zero-order chi connectivity index (χ0) is 12.0. The van der Waals surface area contributed by atoms with Crippen molar-refractivity contribution in [2.45, 2.75) is 13.8 Å². The first-order valence-corrected chi connectivity index (χ1v) is 5.29. The van der Waals surface area contributed by atoms with Gasteiger partial charge in [0, 0.05) is 25.0 Å². The molecule has 0 atom stereocenters. The highest BCUT2D eigenvalue weighted by Gasteiger charge is 2.04. The first kappa shape index (κ1) is 12.7. The van der Waals surface area contributed by atoms with Gasteiger partial charge in [-0.2, -0.15) is 0 Å². The van der Waals surface area contributed by atoms with Crippen LogP contribution in [0.15, 0.2) is 12.1 Å². The molecule has 0 unspecified atom stereocenters. The predicted molar refractivity (Wildman–Crippen MR) is 63.0 cm³/mol. The highest BCUT2D eigenvalue weighted by atomic mass is 16.5. The molecular formula is C11H19N3O2. The lowest BCUT2D eigenvalue weighted by Gasteiger charge is -2.11. The van der Waals surface area contributed by atoms with Crippen LogP contribution in [0.3, 0.4) is 0 Å². The molecule has 2 N–H and O–H groups in total. The van der Waals surface area contributed by atoms with Gasteiger partial charge in [-0.05, 0) is 26.0 Å². The third-order valence-corrected chi connectivity index (χ3v) is 2.28. The fraction of sp³-hybridized carbons (Fsp3) is 0.545. The maximum Gasteiger partial charge on any atom is 0.252 e. The Balaban J connectivity index is 2.34. The van der Waals surface area contributed by atoms with E-state index in [9.17, 15) is 4.79 Å². The average Bonchev–Trinajstić information content (AvgIpc) is 2.56. The molecule has 90 valence electrons. The van der Waals surface area contributed by atoms with Gasteiger partial charge in [0.1, 0.15) is 0 Å². The lowest BCUT2D eigenvalue weighted by atomic mass is 10.5. The van der Waals surface area contributed by atoms with Gasteiger partial charge in [-0.15, -0.1) is 0 Å². The Morgan fingerprint density at radius 3 is 2.56 bits per heavy atom. The standard InChI is InChI=1S/C11H19N3O2/c1-9-4-5-10(2)14(9)13-11(15)8-12-6-7-16-3/h4-5,12H,6-8H2,1-3H3,(H,13,15). The van der Waals surface area contributed by atoms with Crippen LogP contribution in [0.1, 0.15) is 11.4 Å². The van der Waals surface area contributed by atoms with E-state index in [2.05, 4.69) is 10.7 Å². The van der Waals surface area contributed by atoms with Gasteiger partial charge >= 0.3 is 0 Å². The van der Waals surface area contributed by atoms with Crippen molar-refractivity contribution in [1.82, 2.24) is 9.99 Å². The molecule has 5 heteroatoms. The predicted octanol–water partition coefficient (Wildman–Crippen LogP) is 0.411. The van der Waals surface area contributed by atoms with E-state index < -0.39 is 0 Å². The molecule has 0 radical (unpaired) electrons. The largest absolute Gasteiger partial charge is 0.383 e. The van der Waals surface area contributed by atoms with Gasteiger partial charge in [0.25, 0.3) is 5.91 Å². The monoisotopic (exact) mass is 225 g/mol. The van der Waals surface area contributed by atoms with Crippen molar-refractivity contribution in [2.24, 2.45) is 0 Å². The van der Waals surface area contributed by atoms with Gasteiger partial charge in [0.15, 0.2) is 0 Å². The van der Waals surface area contributed by atoms with Crippen LogP contribution in [0.4, 0.5) is 0 Å². The van der Waals surface area contributed by atoms with Gasteiger partial charge in [-0.25, -0.2) is 0 Å². The molecule has 0 saturated heterocycles. The smallest absolute Gasteiger partial charge is 0.252 e. The minimum absolute atomic E-state index is 0.0569. The molecule has 0 aliphatic carbocycles. The number of hydrogen-bond acceptors (Lipinski definition) is 3. The Morgan fingerprint density at radius 2 is 2.00 bits per heavy atom. The normalized spacial score (nSPS) is 10.4. The number of carbonyl (C=O) groups excluding carboxylic acids is 1. The van der Waals surface area contributed by atoms with Crippen LogP contribution in [0.25, 0.3) is 0 Å². The highest BCUT2D eigenvalue weighted by Crippen LogP contribution is 2.03. The summed E-state index contributed by atoms with van der Waals surface area (Å²) in [7, 11) is 1.63. The zero-order valence-electron chi connectivity index (χ0n) is 10.0. The molecule has 0 saturated carbocycles. The third kappa shape index (κ3) is 3.67. The van der Waals surface area contributed by atoms with Crippen molar-refractivity contribution < 1.29 is 9.53 Å². The van der Waals surface area contributed by atoms with E-state index in [0.717, 1.165) is 11.4 Å². The number of aromatic nitrogens is 1. The molecule has 5 nitrogen and oxygen atoms in total. The molecule has 0 aliphatic rings. The first-order valence-electron chi connectivity index (χ1n) is 5.29. The van der Waals surface area contributed by atoms with E-state index in [4.69, 9.17) is 4.74 Å². The second kappa shape index (κ2) is 6.30. The van der Waals surface area contributed by atoms with Crippen LogP contribution in [0, 0.1) is 13.8 Å². The van der Waals surface area contributed by atoms with Crippen LogP contribution in [-0.2, 0) is 9.53 Å². The number of methoxy groups -OCH3 is 1. The van der Waals surface area contributed by atoms with Crippen LogP contribution in [0.2, 0.25) is 0 Å². The summed E-state index contributed by atoms with van der Waals surface area (Å²) in [6.45, 7) is 5.47. The van der Waals surface area contributed by atoms with E-state index in [0.29, 0.717) is 19.7 Å². The summed E-state index contributed by atoms with van der Waals surface area (Å²) in [5.41, 5.74) is 4.84. The summed E-state index contributed by atoms with van der Waals surface area (Å²) >= 11 is 0. The Labute approximate surface area is 95.8 Å². The van der Waals surface area contributed by atoms with Crippen molar-refractivity contribution in [2.75, 3.05) is 32.2 Å². The Hall–Kier alpha value is -1.33. The Kier molecular flexibility index (Phi) is 5.01. The molecule has 0 fully saturated rings. The number of ether oxygens (including phenoxy) is 1. The maximum absolute atomic E-state index is 11.5. The number of amides is 1. The fourth-order valence-corrected chi connectivity index (χ4v) is 1.39. The van der Waals surface area contributed by atoms with Gasteiger partial charge in [-0.1, -0.05) is 0 Å². The summed E-state index contributed by atoms with van der Waals surface area (Å²) in [5.74, 6) is -0.0569. The molecular weight excluding hydrogens is 206 g/mol. The number of aryl methyl sites for hydroxylation is 2. The maximum atomic E-state index is 11.5. The van der Waals surface area contributed by atoms with Crippen molar-refractivity contribution in [3.63, 3.8) is 0 Å². The van der Waals surface area contributed by atoms with E-state index in [1.165, 1.54) is 0 Å². The SMILES string of the molecule is COCCNCC(=O)Nn1c(C)ccc1C. The number of nitrogens with zero attached hydrogens (tertiary/aromatic N) is 1. The average molecular weight is 225 g/mol. The second-order valence-electron chi connectivity index (χ2n) is 3.66. The zero-order valence-corrected chi connectivity index (χ0v) is 10.0. The molecule has 0 bridgehead atoms. The van der Waals surface area contributed by atoms with E-state index in [1.807, 2.05) is 26.0 Å².